The first-order valence-corrected chi connectivity index (χ1v) is 11.6. The average Bonchev–Trinajstić information content (AvgIpc) is 3.32. The van der Waals surface area contributed by atoms with Gasteiger partial charge in [-0.1, -0.05) is 36.4 Å². The Morgan fingerprint density at radius 1 is 1.03 bits per heavy atom. The maximum Gasteiger partial charge on any atom is 0.191 e. The molecule has 1 atom stereocenters. The zero-order valence-corrected chi connectivity index (χ0v) is 22.6. The molecule has 0 aliphatic carbocycles. The van der Waals surface area contributed by atoms with Crippen molar-refractivity contribution in [2.24, 2.45) is 4.99 Å². The van der Waals surface area contributed by atoms with Crippen molar-refractivity contribution in [3.63, 3.8) is 0 Å². The fourth-order valence-electron chi connectivity index (χ4n) is 3.96. The van der Waals surface area contributed by atoms with E-state index in [4.69, 9.17) is 0 Å². The van der Waals surface area contributed by atoms with Gasteiger partial charge in [-0.25, -0.2) is 0 Å². The summed E-state index contributed by atoms with van der Waals surface area (Å²) < 4.78 is 0. The van der Waals surface area contributed by atoms with E-state index >= 15 is 0 Å². The summed E-state index contributed by atoms with van der Waals surface area (Å²) in [4.78, 5) is 9.30. The van der Waals surface area contributed by atoms with Gasteiger partial charge in [-0.05, 0) is 69.5 Å². The molecule has 2 aromatic rings. The number of rotatable bonds is 8. The quantitative estimate of drug-likeness (QED) is 0.271. The molecular formula is C26H40IN5. The Morgan fingerprint density at radius 3 is 2.38 bits per heavy atom. The van der Waals surface area contributed by atoms with E-state index in [-0.39, 0.29) is 30.0 Å². The Kier molecular flexibility index (Phi) is 10.8. The molecule has 1 saturated heterocycles. The van der Waals surface area contributed by atoms with Crippen LogP contribution in [-0.4, -0.2) is 44.1 Å². The summed E-state index contributed by atoms with van der Waals surface area (Å²) in [6, 6.07) is 18.2. The number of hydrogen-bond acceptors (Lipinski definition) is 3. The Morgan fingerprint density at radius 2 is 1.72 bits per heavy atom. The van der Waals surface area contributed by atoms with Crippen LogP contribution in [0.4, 0.5) is 5.69 Å². The molecule has 2 N–H and O–H groups in total. The van der Waals surface area contributed by atoms with Crippen LogP contribution in [-0.2, 0) is 13.1 Å². The summed E-state index contributed by atoms with van der Waals surface area (Å²) in [6.07, 6.45) is 2.59. The first-order chi connectivity index (χ1) is 15.0. The van der Waals surface area contributed by atoms with E-state index in [1.54, 1.807) is 0 Å². The molecule has 3 rings (SSSR count). The van der Waals surface area contributed by atoms with E-state index in [2.05, 4.69) is 102 Å². The van der Waals surface area contributed by atoms with Crippen LogP contribution < -0.4 is 15.5 Å². The molecule has 2 aromatic carbocycles. The highest BCUT2D eigenvalue weighted by atomic mass is 127. The third kappa shape index (κ3) is 7.37. The van der Waals surface area contributed by atoms with Crippen molar-refractivity contribution in [1.29, 1.82) is 0 Å². The van der Waals surface area contributed by atoms with Crippen LogP contribution in [0.1, 0.15) is 56.3 Å². The van der Waals surface area contributed by atoms with Gasteiger partial charge in [0.05, 0.1) is 6.04 Å². The second-order valence-corrected chi connectivity index (χ2v) is 8.86. The first kappa shape index (κ1) is 26.5. The SMILES string of the molecule is CN=C(NCc1ccccc1CN(C)C(C)C)NC(C)c1cccc(N2CCCC2)c1.I. The molecule has 1 aliphatic heterocycles. The van der Waals surface area contributed by atoms with Crippen molar-refractivity contribution in [2.45, 2.75) is 58.8 Å². The highest BCUT2D eigenvalue weighted by molar-refractivity contribution is 14.0. The molecule has 1 unspecified atom stereocenters. The second-order valence-electron chi connectivity index (χ2n) is 8.86. The Bertz CT molecular complexity index is 861. The molecule has 32 heavy (non-hydrogen) atoms. The van der Waals surface area contributed by atoms with E-state index in [0.29, 0.717) is 6.04 Å². The van der Waals surface area contributed by atoms with Gasteiger partial charge in [-0.3, -0.25) is 9.89 Å². The van der Waals surface area contributed by atoms with Gasteiger partial charge < -0.3 is 15.5 Å². The van der Waals surface area contributed by atoms with E-state index in [0.717, 1.165) is 19.0 Å². The lowest BCUT2D eigenvalue weighted by Gasteiger charge is -2.24. The van der Waals surface area contributed by atoms with Crippen molar-refractivity contribution in [2.75, 3.05) is 32.1 Å². The molecule has 0 amide bonds. The molecule has 176 valence electrons. The van der Waals surface area contributed by atoms with Crippen LogP contribution in [0.3, 0.4) is 0 Å². The standard InChI is InChI=1S/C26H39N5.HI/c1-20(2)30(5)19-24-12-7-6-11-23(24)18-28-26(27-4)29-21(3)22-13-10-14-25(17-22)31-15-8-9-16-31;/h6-7,10-14,17,20-21H,8-9,15-16,18-19H2,1-5H3,(H2,27,28,29);1H. The lowest BCUT2D eigenvalue weighted by Crippen LogP contribution is -2.38. The molecule has 0 spiro atoms. The van der Waals surface area contributed by atoms with Gasteiger partial charge in [0.25, 0.3) is 0 Å². The van der Waals surface area contributed by atoms with E-state index in [1.807, 2.05) is 7.05 Å². The monoisotopic (exact) mass is 549 g/mol. The molecule has 0 radical (unpaired) electrons. The zero-order chi connectivity index (χ0) is 22.2. The van der Waals surface area contributed by atoms with Gasteiger partial charge >= 0.3 is 0 Å². The maximum absolute atomic E-state index is 4.46. The van der Waals surface area contributed by atoms with Crippen molar-refractivity contribution in [1.82, 2.24) is 15.5 Å². The summed E-state index contributed by atoms with van der Waals surface area (Å²) in [6.45, 7) is 10.7. The molecule has 5 nitrogen and oxygen atoms in total. The largest absolute Gasteiger partial charge is 0.372 e. The second kappa shape index (κ2) is 13.0. The summed E-state index contributed by atoms with van der Waals surface area (Å²) in [5.41, 5.74) is 5.27. The highest BCUT2D eigenvalue weighted by Crippen LogP contribution is 2.24. The predicted octanol–water partition coefficient (Wildman–Crippen LogP) is 5.17. The molecule has 1 aliphatic rings. The molecule has 0 saturated carbocycles. The lowest BCUT2D eigenvalue weighted by molar-refractivity contribution is 0.265. The molecule has 6 heteroatoms. The first-order valence-electron chi connectivity index (χ1n) is 11.6. The average molecular weight is 550 g/mol. The smallest absolute Gasteiger partial charge is 0.191 e. The minimum atomic E-state index is 0. The van der Waals surface area contributed by atoms with Crippen LogP contribution in [0.2, 0.25) is 0 Å². The third-order valence-electron chi connectivity index (χ3n) is 6.28. The van der Waals surface area contributed by atoms with E-state index < -0.39 is 0 Å². The van der Waals surface area contributed by atoms with Crippen molar-refractivity contribution in [3.05, 3.63) is 65.2 Å². The van der Waals surface area contributed by atoms with Gasteiger partial charge in [0.1, 0.15) is 0 Å². The van der Waals surface area contributed by atoms with Gasteiger partial charge in [0.15, 0.2) is 5.96 Å². The van der Waals surface area contributed by atoms with Gasteiger partial charge in [0.2, 0.25) is 0 Å². The molecule has 0 aromatic heterocycles. The van der Waals surface area contributed by atoms with Gasteiger partial charge in [-0.2, -0.15) is 0 Å². The van der Waals surface area contributed by atoms with Crippen LogP contribution in [0.15, 0.2) is 53.5 Å². The predicted molar refractivity (Wildman–Crippen MR) is 148 cm³/mol. The highest BCUT2D eigenvalue weighted by Gasteiger charge is 2.15. The summed E-state index contributed by atoms with van der Waals surface area (Å²) >= 11 is 0. The molecular weight excluding hydrogens is 509 g/mol. The van der Waals surface area contributed by atoms with Crippen molar-refractivity contribution >= 4 is 35.6 Å². The molecule has 1 fully saturated rings. The Labute approximate surface area is 211 Å². The van der Waals surface area contributed by atoms with Crippen LogP contribution in [0.25, 0.3) is 0 Å². The fourth-order valence-corrected chi connectivity index (χ4v) is 3.96. The van der Waals surface area contributed by atoms with Crippen LogP contribution >= 0.6 is 24.0 Å². The summed E-state index contributed by atoms with van der Waals surface area (Å²) in [5.74, 6) is 0.825. The molecule has 1 heterocycles. The number of anilines is 1. The fraction of sp³-hybridized carbons (Fsp3) is 0.500. The van der Waals surface area contributed by atoms with Gasteiger partial charge in [-0.15, -0.1) is 24.0 Å². The summed E-state index contributed by atoms with van der Waals surface area (Å²) in [5, 5.41) is 7.07. The normalized spacial score (nSPS) is 15.1. The number of aliphatic imine (C=N–C) groups is 1. The van der Waals surface area contributed by atoms with Crippen LogP contribution in [0.5, 0.6) is 0 Å². The number of hydrogen-bond donors (Lipinski definition) is 2. The number of nitrogens with zero attached hydrogens (tertiary/aromatic N) is 3. The number of halogens is 1. The van der Waals surface area contributed by atoms with Crippen molar-refractivity contribution < 1.29 is 0 Å². The van der Waals surface area contributed by atoms with E-state index in [9.17, 15) is 0 Å². The molecule has 0 bridgehead atoms. The maximum atomic E-state index is 4.46. The van der Waals surface area contributed by atoms with Crippen molar-refractivity contribution in [3.8, 4) is 0 Å². The number of benzene rings is 2. The zero-order valence-electron chi connectivity index (χ0n) is 20.3. The van der Waals surface area contributed by atoms with Crippen LogP contribution in [0, 0.1) is 0 Å². The topological polar surface area (TPSA) is 42.9 Å². The van der Waals surface area contributed by atoms with E-state index in [1.165, 1.54) is 48.3 Å². The Hall–Kier alpha value is -1.80. The third-order valence-corrected chi connectivity index (χ3v) is 6.28. The van der Waals surface area contributed by atoms with Gasteiger partial charge in [0, 0.05) is 45.0 Å². The number of nitrogens with one attached hydrogen (secondary N) is 2. The lowest BCUT2D eigenvalue weighted by atomic mass is 10.1. The minimum absolute atomic E-state index is 0. The Balaban J connectivity index is 0.00000363. The minimum Gasteiger partial charge on any atom is -0.372 e. The number of guanidine groups is 1. The summed E-state index contributed by atoms with van der Waals surface area (Å²) in [7, 11) is 4.01.